The molecule has 0 unspecified atom stereocenters. The van der Waals surface area contributed by atoms with Crippen LogP contribution in [-0.4, -0.2) is 21.0 Å². The van der Waals surface area contributed by atoms with Crippen LogP contribution in [0.5, 0.6) is 0 Å². The number of aromatic carboxylic acids is 1. The van der Waals surface area contributed by atoms with Gasteiger partial charge in [-0.1, -0.05) is 6.07 Å². The number of carboxylic acid groups (broad SMARTS) is 1. The van der Waals surface area contributed by atoms with E-state index in [0.29, 0.717) is 12.2 Å². The molecule has 0 aliphatic heterocycles. The predicted octanol–water partition coefficient (Wildman–Crippen LogP) is 2.03. The van der Waals surface area contributed by atoms with Crippen LogP contribution in [0.4, 0.5) is 0 Å². The van der Waals surface area contributed by atoms with Gasteiger partial charge in [0, 0.05) is 31.2 Å². The van der Waals surface area contributed by atoms with Gasteiger partial charge in [0.2, 0.25) is 0 Å². The molecule has 0 spiro atoms. The molecule has 0 aliphatic rings. The van der Waals surface area contributed by atoms with Crippen molar-refractivity contribution in [3.8, 4) is 0 Å². The summed E-state index contributed by atoms with van der Waals surface area (Å²) in [6.45, 7) is 2.40. The summed E-state index contributed by atoms with van der Waals surface area (Å²) < 4.78 is 0. The summed E-state index contributed by atoms with van der Waals surface area (Å²) in [6, 6.07) is 7.11. The van der Waals surface area contributed by atoms with Gasteiger partial charge >= 0.3 is 5.97 Å². The largest absolute Gasteiger partial charge is 0.478 e. The molecule has 0 aromatic carbocycles. The van der Waals surface area contributed by atoms with Gasteiger partial charge in [0.15, 0.2) is 0 Å². The molecule has 2 aromatic rings. The Labute approximate surface area is 111 Å². The lowest BCUT2D eigenvalue weighted by Gasteiger charge is -2.14. The van der Waals surface area contributed by atoms with Crippen molar-refractivity contribution in [2.75, 3.05) is 0 Å². The van der Waals surface area contributed by atoms with E-state index in [1.54, 1.807) is 30.7 Å². The highest BCUT2D eigenvalue weighted by molar-refractivity contribution is 5.88. The molecule has 2 N–H and O–H groups in total. The van der Waals surface area contributed by atoms with E-state index < -0.39 is 5.97 Å². The Hall–Kier alpha value is -2.27. The minimum absolute atomic E-state index is 0.0809. The maximum absolute atomic E-state index is 11.1. The first-order valence-electron chi connectivity index (χ1n) is 5.99. The average molecular weight is 257 g/mol. The molecular formula is C14H15N3O2. The van der Waals surface area contributed by atoms with Crippen LogP contribution >= 0.6 is 0 Å². The van der Waals surface area contributed by atoms with Gasteiger partial charge in [-0.25, -0.2) is 4.79 Å². The van der Waals surface area contributed by atoms with Crippen LogP contribution < -0.4 is 5.32 Å². The van der Waals surface area contributed by atoms with Gasteiger partial charge in [-0.2, -0.15) is 0 Å². The molecule has 98 valence electrons. The van der Waals surface area contributed by atoms with E-state index in [2.05, 4.69) is 15.3 Å². The summed E-state index contributed by atoms with van der Waals surface area (Å²) in [7, 11) is 0. The van der Waals surface area contributed by atoms with Crippen LogP contribution in [-0.2, 0) is 6.54 Å². The van der Waals surface area contributed by atoms with Gasteiger partial charge < -0.3 is 10.4 Å². The molecule has 1 atom stereocenters. The molecule has 19 heavy (non-hydrogen) atoms. The molecule has 0 bridgehead atoms. The maximum Gasteiger partial charge on any atom is 0.337 e. The number of hydrogen-bond donors (Lipinski definition) is 2. The zero-order valence-corrected chi connectivity index (χ0v) is 10.6. The summed E-state index contributed by atoms with van der Waals surface area (Å²) >= 11 is 0. The molecule has 0 amide bonds. The van der Waals surface area contributed by atoms with Gasteiger partial charge in [0.05, 0.1) is 11.3 Å². The van der Waals surface area contributed by atoms with E-state index in [1.165, 1.54) is 0 Å². The number of pyridine rings is 2. The van der Waals surface area contributed by atoms with Crippen LogP contribution in [0.3, 0.4) is 0 Å². The van der Waals surface area contributed by atoms with Gasteiger partial charge in [0.1, 0.15) is 0 Å². The second-order valence-electron chi connectivity index (χ2n) is 4.19. The second kappa shape index (κ2) is 6.06. The van der Waals surface area contributed by atoms with Crippen LogP contribution in [0.15, 0.2) is 42.9 Å². The lowest BCUT2D eigenvalue weighted by atomic mass is 10.1. The summed E-state index contributed by atoms with van der Waals surface area (Å²) in [5.41, 5.74) is 1.81. The van der Waals surface area contributed by atoms with Crippen molar-refractivity contribution in [3.63, 3.8) is 0 Å². The van der Waals surface area contributed by atoms with Crippen LogP contribution in [0.25, 0.3) is 0 Å². The molecule has 0 aliphatic carbocycles. The molecule has 0 saturated heterocycles. The van der Waals surface area contributed by atoms with E-state index in [0.717, 1.165) is 5.56 Å². The molecule has 0 radical (unpaired) electrons. The fourth-order valence-corrected chi connectivity index (χ4v) is 1.77. The number of rotatable bonds is 5. The molecule has 2 heterocycles. The number of carbonyl (C=O) groups is 1. The van der Waals surface area contributed by atoms with Crippen LogP contribution in [0.2, 0.25) is 0 Å². The summed E-state index contributed by atoms with van der Waals surface area (Å²) in [4.78, 5) is 19.2. The molecule has 5 nitrogen and oxygen atoms in total. The first-order valence-corrected chi connectivity index (χ1v) is 5.99. The molecule has 5 heteroatoms. The van der Waals surface area contributed by atoms with Crippen molar-refractivity contribution in [3.05, 3.63) is 59.7 Å². The standard InChI is InChI=1S/C14H15N3O2/c1-10(11-4-2-6-15-8-11)17-9-13-12(14(18)19)5-3-7-16-13/h2-8,10,17H,9H2,1H3,(H,18,19)/t10-/m1/s1. The lowest BCUT2D eigenvalue weighted by molar-refractivity contribution is 0.0695. The highest BCUT2D eigenvalue weighted by Gasteiger charge is 2.11. The third kappa shape index (κ3) is 3.35. The van der Waals surface area contributed by atoms with Gasteiger partial charge in [-0.15, -0.1) is 0 Å². The Morgan fingerprint density at radius 1 is 1.37 bits per heavy atom. The number of hydrogen-bond acceptors (Lipinski definition) is 4. The zero-order valence-electron chi connectivity index (χ0n) is 10.6. The number of nitrogens with zero attached hydrogens (tertiary/aromatic N) is 2. The lowest BCUT2D eigenvalue weighted by Crippen LogP contribution is -2.20. The highest BCUT2D eigenvalue weighted by atomic mass is 16.4. The fourth-order valence-electron chi connectivity index (χ4n) is 1.77. The van der Waals surface area contributed by atoms with Crippen molar-refractivity contribution < 1.29 is 9.90 Å². The Kier molecular flexibility index (Phi) is 4.20. The first-order chi connectivity index (χ1) is 9.18. The van der Waals surface area contributed by atoms with E-state index in [-0.39, 0.29) is 11.6 Å². The van der Waals surface area contributed by atoms with Crippen molar-refractivity contribution >= 4 is 5.97 Å². The Morgan fingerprint density at radius 3 is 2.84 bits per heavy atom. The van der Waals surface area contributed by atoms with E-state index >= 15 is 0 Å². The topological polar surface area (TPSA) is 75.1 Å². The van der Waals surface area contributed by atoms with Crippen LogP contribution in [0, 0.1) is 0 Å². The van der Waals surface area contributed by atoms with Crippen molar-refractivity contribution in [2.24, 2.45) is 0 Å². The minimum atomic E-state index is -0.959. The predicted molar refractivity (Wildman–Crippen MR) is 70.7 cm³/mol. The maximum atomic E-state index is 11.1. The van der Waals surface area contributed by atoms with E-state index in [9.17, 15) is 4.79 Å². The normalized spacial score (nSPS) is 12.1. The number of nitrogens with one attached hydrogen (secondary N) is 1. The molecule has 0 fully saturated rings. The summed E-state index contributed by atoms with van der Waals surface area (Å²) in [5, 5.41) is 12.3. The van der Waals surface area contributed by atoms with Crippen molar-refractivity contribution in [1.29, 1.82) is 0 Å². The molecule has 0 saturated carbocycles. The highest BCUT2D eigenvalue weighted by Crippen LogP contribution is 2.12. The van der Waals surface area contributed by atoms with Gasteiger partial charge in [0.25, 0.3) is 0 Å². The fraction of sp³-hybridized carbons (Fsp3) is 0.214. The van der Waals surface area contributed by atoms with Crippen LogP contribution in [0.1, 0.15) is 34.6 Å². The summed E-state index contributed by atoms with van der Waals surface area (Å²) in [6.07, 6.45) is 5.10. The average Bonchev–Trinajstić information content (AvgIpc) is 2.46. The Bertz CT molecular complexity index is 558. The SMILES string of the molecule is C[C@@H](NCc1ncccc1C(=O)O)c1cccnc1. The zero-order chi connectivity index (χ0) is 13.7. The Balaban J connectivity index is 2.05. The van der Waals surface area contributed by atoms with E-state index in [1.807, 2.05) is 19.1 Å². The second-order valence-corrected chi connectivity index (χ2v) is 4.19. The summed E-state index contributed by atoms with van der Waals surface area (Å²) in [5.74, 6) is -0.959. The van der Waals surface area contributed by atoms with E-state index in [4.69, 9.17) is 5.11 Å². The number of aromatic nitrogens is 2. The Morgan fingerprint density at radius 2 is 2.16 bits per heavy atom. The third-order valence-corrected chi connectivity index (χ3v) is 2.88. The molecule has 2 aromatic heterocycles. The molecule has 2 rings (SSSR count). The monoisotopic (exact) mass is 257 g/mol. The third-order valence-electron chi connectivity index (χ3n) is 2.88. The van der Waals surface area contributed by atoms with Gasteiger partial charge in [-0.05, 0) is 30.7 Å². The minimum Gasteiger partial charge on any atom is -0.478 e. The van der Waals surface area contributed by atoms with Crippen molar-refractivity contribution in [1.82, 2.24) is 15.3 Å². The van der Waals surface area contributed by atoms with Gasteiger partial charge in [-0.3, -0.25) is 9.97 Å². The number of carboxylic acids is 1. The van der Waals surface area contributed by atoms with Crippen molar-refractivity contribution in [2.45, 2.75) is 19.5 Å². The first kappa shape index (κ1) is 13.2. The quantitative estimate of drug-likeness (QED) is 0.857. The molecular weight excluding hydrogens is 242 g/mol. The smallest absolute Gasteiger partial charge is 0.337 e.